The van der Waals surface area contributed by atoms with Gasteiger partial charge in [-0.3, -0.25) is 19.3 Å². The van der Waals surface area contributed by atoms with Crippen molar-refractivity contribution < 1.29 is 14.4 Å². The second-order valence-corrected chi connectivity index (χ2v) is 8.86. The first kappa shape index (κ1) is 19.9. The van der Waals surface area contributed by atoms with Gasteiger partial charge in [0.05, 0.1) is 26.7 Å². The maximum absolute atomic E-state index is 12.6. The smallest absolute Gasteiger partial charge is 0.262 e. The van der Waals surface area contributed by atoms with Crippen LogP contribution in [0.25, 0.3) is 0 Å². The van der Waals surface area contributed by atoms with Gasteiger partial charge in [-0.1, -0.05) is 29.6 Å². The third kappa shape index (κ3) is 3.52. The molecule has 29 heavy (non-hydrogen) atoms. The number of fused-ring (bicyclic) bond motifs is 2. The standard InChI is InChI=1S/C20H15Cl2N3O3S/c21-14-6-11-12(7-15(14)22)20(28)25(19(11)27)9-17(26)24-18-13(8-23)10-4-2-1-3-5-16(10)29-18/h6-7H,1-5,9H2,(H,24,26). The fourth-order valence-corrected chi connectivity index (χ4v) is 5.27. The molecular weight excluding hydrogens is 433 g/mol. The first-order valence-electron chi connectivity index (χ1n) is 9.10. The second-order valence-electron chi connectivity index (χ2n) is 6.94. The molecule has 1 aromatic carbocycles. The molecule has 1 aliphatic heterocycles. The van der Waals surface area contributed by atoms with Crippen LogP contribution in [0.3, 0.4) is 0 Å². The minimum atomic E-state index is -0.596. The van der Waals surface area contributed by atoms with Crippen molar-refractivity contribution >= 4 is 57.3 Å². The maximum atomic E-state index is 12.6. The van der Waals surface area contributed by atoms with Crippen molar-refractivity contribution in [2.24, 2.45) is 0 Å². The van der Waals surface area contributed by atoms with E-state index in [2.05, 4.69) is 11.4 Å². The molecule has 1 N–H and O–H groups in total. The topological polar surface area (TPSA) is 90.3 Å². The number of imide groups is 1. The number of amides is 3. The van der Waals surface area contributed by atoms with Crippen LogP contribution in [0, 0.1) is 11.3 Å². The Morgan fingerprint density at radius 2 is 1.72 bits per heavy atom. The Morgan fingerprint density at radius 3 is 2.34 bits per heavy atom. The number of anilines is 1. The van der Waals surface area contributed by atoms with Crippen LogP contribution in [0.1, 0.15) is 56.0 Å². The maximum Gasteiger partial charge on any atom is 0.262 e. The highest BCUT2D eigenvalue weighted by molar-refractivity contribution is 7.16. The van der Waals surface area contributed by atoms with Crippen molar-refractivity contribution in [1.82, 2.24) is 4.90 Å². The lowest BCUT2D eigenvalue weighted by atomic mass is 10.1. The van der Waals surface area contributed by atoms with Crippen LogP contribution in [0.5, 0.6) is 0 Å². The molecule has 0 bridgehead atoms. The van der Waals surface area contributed by atoms with Gasteiger partial charge in [-0.2, -0.15) is 5.26 Å². The Hall–Kier alpha value is -2.40. The van der Waals surface area contributed by atoms with Gasteiger partial charge in [0.25, 0.3) is 11.8 Å². The summed E-state index contributed by atoms with van der Waals surface area (Å²) in [6.07, 6.45) is 4.93. The molecule has 0 spiro atoms. The molecular formula is C20H15Cl2N3O3S. The number of benzene rings is 1. The van der Waals surface area contributed by atoms with E-state index in [-0.39, 0.29) is 21.2 Å². The third-order valence-electron chi connectivity index (χ3n) is 5.10. The molecule has 0 unspecified atom stereocenters. The SMILES string of the molecule is N#Cc1c(NC(=O)CN2C(=O)c3cc(Cl)c(Cl)cc3C2=O)sc2c1CCCCC2. The normalized spacial score (nSPS) is 15.6. The highest BCUT2D eigenvalue weighted by Crippen LogP contribution is 2.37. The number of thiophene rings is 1. The van der Waals surface area contributed by atoms with Gasteiger partial charge in [0.1, 0.15) is 17.6 Å². The number of nitrogens with one attached hydrogen (secondary N) is 1. The van der Waals surface area contributed by atoms with Gasteiger partial charge in [-0.05, 0) is 43.4 Å². The lowest BCUT2D eigenvalue weighted by Gasteiger charge is -2.13. The number of carbonyl (C=O) groups is 3. The minimum absolute atomic E-state index is 0.123. The van der Waals surface area contributed by atoms with E-state index in [1.165, 1.54) is 23.5 Å². The molecule has 4 rings (SSSR count). The third-order valence-corrected chi connectivity index (χ3v) is 7.03. The summed E-state index contributed by atoms with van der Waals surface area (Å²) in [5.41, 5.74) is 1.74. The zero-order chi connectivity index (χ0) is 20.7. The predicted octanol–water partition coefficient (Wildman–Crippen LogP) is 4.43. The number of hydrogen-bond acceptors (Lipinski definition) is 5. The van der Waals surface area contributed by atoms with E-state index in [1.807, 2.05) is 0 Å². The van der Waals surface area contributed by atoms with Gasteiger partial charge in [0.15, 0.2) is 0 Å². The summed E-state index contributed by atoms with van der Waals surface area (Å²) in [5, 5.41) is 13.1. The monoisotopic (exact) mass is 447 g/mol. The van der Waals surface area contributed by atoms with E-state index < -0.39 is 24.3 Å². The van der Waals surface area contributed by atoms with Crippen molar-refractivity contribution in [3.8, 4) is 6.07 Å². The van der Waals surface area contributed by atoms with E-state index in [9.17, 15) is 19.6 Å². The Kier molecular flexibility index (Phi) is 5.34. The molecule has 2 aliphatic rings. The van der Waals surface area contributed by atoms with Crippen molar-refractivity contribution in [2.75, 3.05) is 11.9 Å². The largest absolute Gasteiger partial charge is 0.315 e. The Bertz CT molecular complexity index is 1060. The van der Waals surface area contributed by atoms with Crippen LogP contribution in [-0.4, -0.2) is 29.2 Å². The van der Waals surface area contributed by atoms with E-state index >= 15 is 0 Å². The van der Waals surface area contributed by atoms with E-state index in [4.69, 9.17) is 23.2 Å². The number of nitrogens with zero attached hydrogens (tertiary/aromatic N) is 2. The molecule has 9 heteroatoms. The summed E-state index contributed by atoms with van der Waals surface area (Å²) in [6.45, 7) is -0.449. The Labute approximate surface area is 181 Å². The zero-order valence-electron chi connectivity index (χ0n) is 15.2. The molecule has 1 aromatic heterocycles. The first-order valence-corrected chi connectivity index (χ1v) is 10.7. The molecule has 0 radical (unpaired) electrons. The molecule has 1 aliphatic carbocycles. The second kappa shape index (κ2) is 7.79. The minimum Gasteiger partial charge on any atom is -0.315 e. The number of nitriles is 1. The molecule has 0 saturated heterocycles. The molecule has 2 aromatic rings. The van der Waals surface area contributed by atoms with Crippen LogP contribution in [0.2, 0.25) is 10.0 Å². The molecule has 3 amide bonds. The van der Waals surface area contributed by atoms with Crippen molar-refractivity contribution in [2.45, 2.75) is 32.1 Å². The lowest BCUT2D eigenvalue weighted by molar-refractivity contribution is -0.116. The molecule has 148 valence electrons. The summed E-state index contributed by atoms with van der Waals surface area (Å²) in [4.78, 5) is 39.7. The van der Waals surface area contributed by atoms with Gasteiger partial charge >= 0.3 is 0 Å². The van der Waals surface area contributed by atoms with Gasteiger partial charge in [0, 0.05) is 4.88 Å². The summed E-state index contributed by atoms with van der Waals surface area (Å²) >= 11 is 13.3. The predicted molar refractivity (Wildman–Crippen MR) is 111 cm³/mol. The average Bonchev–Trinajstić information content (AvgIpc) is 2.99. The van der Waals surface area contributed by atoms with Gasteiger partial charge < -0.3 is 5.32 Å². The molecule has 2 heterocycles. The number of carbonyl (C=O) groups excluding carboxylic acids is 3. The van der Waals surface area contributed by atoms with Gasteiger partial charge in [-0.15, -0.1) is 11.3 Å². The van der Waals surface area contributed by atoms with Crippen LogP contribution in [0.4, 0.5) is 5.00 Å². The Morgan fingerprint density at radius 1 is 1.10 bits per heavy atom. The lowest BCUT2D eigenvalue weighted by Crippen LogP contribution is -2.37. The number of rotatable bonds is 3. The van der Waals surface area contributed by atoms with Crippen LogP contribution in [-0.2, 0) is 17.6 Å². The zero-order valence-corrected chi connectivity index (χ0v) is 17.5. The highest BCUT2D eigenvalue weighted by Gasteiger charge is 2.37. The fraction of sp³-hybridized carbons (Fsp3) is 0.300. The van der Waals surface area contributed by atoms with Crippen LogP contribution in [0.15, 0.2) is 12.1 Å². The van der Waals surface area contributed by atoms with E-state index in [0.29, 0.717) is 10.6 Å². The summed E-state index contributed by atoms with van der Waals surface area (Å²) < 4.78 is 0. The molecule has 0 fully saturated rings. The first-order chi connectivity index (χ1) is 13.9. The van der Waals surface area contributed by atoms with Gasteiger partial charge in [0.2, 0.25) is 5.91 Å². The Balaban J connectivity index is 1.53. The fourth-order valence-electron chi connectivity index (χ4n) is 3.69. The molecule has 0 atom stereocenters. The number of halogens is 2. The highest BCUT2D eigenvalue weighted by atomic mass is 35.5. The van der Waals surface area contributed by atoms with Crippen molar-refractivity contribution in [3.05, 3.63) is 49.3 Å². The van der Waals surface area contributed by atoms with Crippen molar-refractivity contribution in [3.63, 3.8) is 0 Å². The summed E-state index contributed by atoms with van der Waals surface area (Å²) in [7, 11) is 0. The summed E-state index contributed by atoms with van der Waals surface area (Å²) in [6, 6.07) is 4.86. The van der Waals surface area contributed by atoms with Crippen molar-refractivity contribution in [1.29, 1.82) is 5.26 Å². The summed E-state index contributed by atoms with van der Waals surface area (Å²) in [5.74, 6) is -1.73. The molecule has 6 nitrogen and oxygen atoms in total. The average molecular weight is 448 g/mol. The van der Waals surface area contributed by atoms with Crippen LogP contribution < -0.4 is 5.32 Å². The van der Waals surface area contributed by atoms with E-state index in [0.717, 1.165) is 47.4 Å². The molecule has 0 saturated carbocycles. The quantitative estimate of drug-likeness (QED) is 0.556. The number of hydrogen-bond donors (Lipinski definition) is 1. The van der Waals surface area contributed by atoms with Crippen LogP contribution >= 0.6 is 34.5 Å². The van der Waals surface area contributed by atoms with Gasteiger partial charge in [-0.25, -0.2) is 0 Å². The van der Waals surface area contributed by atoms with E-state index in [1.54, 1.807) is 0 Å². The number of aryl methyl sites for hydroxylation is 1.